The summed E-state index contributed by atoms with van der Waals surface area (Å²) in [6.07, 6.45) is 3.71. The zero-order chi connectivity index (χ0) is 16.6. The number of fused-ring (bicyclic) bond motifs is 1. The Balaban J connectivity index is 1.84. The number of methoxy groups -OCH3 is 1. The van der Waals surface area contributed by atoms with E-state index in [-0.39, 0.29) is 11.8 Å². The van der Waals surface area contributed by atoms with E-state index in [2.05, 4.69) is 0 Å². The lowest BCUT2D eigenvalue weighted by Crippen LogP contribution is -2.44. The van der Waals surface area contributed by atoms with Crippen LogP contribution >= 0.6 is 11.6 Å². The molecule has 1 aliphatic heterocycles. The van der Waals surface area contributed by atoms with Crippen LogP contribution in [0, 0.1) is 11.8 Å². The molecule has 1 aromatic carbocycles. The Bertz CT molecular complexity index is 606. The Kier molecular flexibility index (Phi) is 4.56. The summed E-state index contributed by atoms with van der Waals surface area (Å²) in [5, 5.41) is 11.4. The van der Waals surface area contributed by atoms with Gasteiger partial charge in [0.1, 0.15) is 5.75 Å². The number of likely N-dealkylation sites (tertiary alicyclic amines) is 1. The monoisotopic (exact) mass is 337 g/mol. The van der Waals surface area contributed by atoms with E-state index in [0.717, 1.165) is 25.7 Å². The predicted molar refractivity (Wildman–Crippen MR) is 90.0 cm³/mol. The first-order valence-corrected chi connectivity index (χ1v) is 8.71. The summed E-state index contributed by atoms with van der Waals surface area (Å²) in [4.78, 5) is 14.8. The van der Waals surface area contributed by atoms with Gasteiger partial charge in [0, 0.05) is 24.0 Å². The molecule has 4 nitrogen and oxygen atoms in total. The molecule has 126 valence electrons. The van der Waals surface area contributed by atoms with Crippen molar-refractivity contribution in [1.82, 2.24) is 4.90 Å². The molecule has 1 heterocycles. The quantitative estimate of drug-likeness (QED) is 0.920. The molecule has 0 spiro atoms. The molecule has 2 fully saturated rings. The maximum Gasteiger partial charge on any atom is 0.257 e. The van der Waals surface area contributed by atoms with Crippen molar-refractivity contribution in [2.24, 2.45) is 11.8 Å². The Morgan fingerprint density at radius 1 is 1.48 bits per heavy atom. The molecule has 1 amide bonds. The summed E-state index contributed by atoms with van der Waals surface area (Å²) in [7, 11) is 1.56. The normalized spacial score (nSPS) is 30.2. The van der Waals surface area contributed by atoms with Crippen molar-refractivity contribution in [3.63, 3.8) is 0 Å². The molecule has 2 aliphatic rings. The highest BCUT2D eigenvalue weighted by Gasteiger charge is 2.48. The molecule has 0 unspecified atom stereocenters. The van der Waals surface area contributed by atoms with Crippen LogP contribution in [0.25, 0.3) is 0 Å². The van der Waals surface area contributed by atoms with Crippen LogP contribution in [-0.2, 0) is 0 Å². The molecule has 0 radical (unpaired) electrons. The van der Waals surface area contributed by atoms with E-state index in [4.69, 9.17) is 16.3 Å². The van der Waals surface area contributed by atoms with Gasteiger partial charge in [-0.05, 0) is 43.4 Å². The van der Waals surface area contributed by atoms with Gasteiger partial charge >= 0.3 is 0 Å². The highest BCUT2D eigenvalue weighted by atomic mass is 35.5. The topological polar surface area (TPSA) is 49.8 Å². The number of ether oxygens (including phenoxy) is 1. The van der Waals surface area contributed by atoms with Gasteiger partial charge in [-0.25, -0.2) is 0 Å². The predicted octanol–water partition coefficient (Wildman–Crippen LogP) is 3.36. The molecular weight excluding hydrogens is 314 g/mol. The summed E-state index contributed by atoms with van der Waals surface area (Å²) in [5.74, 6) is 1.05. The Labute approximate surface area is 142 Å². The number of hydrogen-bond donors (Lipinski definition) is 1. The zero-order valence-electron chi connectivity index (χ0n) is 13.7. The number of amides is 1. The Hall–Kier alpha value is -1.26. The van der Waals surface area contributed by atoms with Gasteiger partial charge in [0.25, 0.3) is 5.91 Å². The molecule has 0 bridgehead atoms. The third kappa shape index (κ3) is 2.94. The number of rotatable bonds is 3. The zero-order valence-corrected chi connectivity index (χ0v) is 14.5. The second kappa shape index (κ2) is 6.33. The SMILES string of the molecule is CC[C@]1(O)CCC[C@H]2CN(C(=O)c3cc(Cl)ccc3OC)C[C@H]21. The molecule has 1 saturated heterocycles. The number of carbonyl (C=O) groups excluding carboxylic acids is 1. The number of benzene rings is 1. The summed E-state index contributed by atoms with van der Waals surface area (Å²) in [6.45, 7) is 3.36. The molecule has 1 aromatic rings. The minimum absolute atomic E-state index is 0.0581. The van der Waals surface area contributed by atoms with Crippen LogP contribution in [0.1, 0.15) is 43.0 Å². The van der Waals surface area contributed by atoms with Crippen molar-refractivity contribution in [2.45, 2.75) is 38.2 Å². The van der Waals surface area contributed by atoms with Crippen molar-refractivity contribution < 1.29 is 14.6 Å². The highest BCUT2D eigenvalue weighted by molar-refractivity contribution is 6.31. The number of halogens is 1. The van der Waals surface area contributed by atoms with E-state index < -0.39 is 5.60 Å². The van der Waals surface area contributed by atoms with E-state index in [9.17, 15) is 9.90 Å². The van der Waals surface area contributed by atoms with Gasteiger partial charge in [0.15, 0.2) is 0 Å². The fourth-order valence-corrected chi connectivity index (χ4v) is 4.42. The molecule has 3 rings (SSSR count). The van der Waals surface area contributed by atoms with E-state index in [1.807, 2.05) is 11.8 Å². The van der Waals surface area contributed by atoms with Gasteiger partial charge in [-0.15, -0.1) is 0 Å². The van der Waals surface area contributed by atoms with Crippen LogP contribution < -0.4 is 4.74 Å². The third-order valence-electron chi connectivity index (χ3n) is 5.61. The summed E-state index contributed by atoms with van der Waals surface area (Å²) < 4.78 is 5.31. The van der Waals surface area contributed by atoms with Crippen molar-refractivity contribution in [3.05, 3.63) is 28.8 Å². The van der Waals surface area contributed by atoms with Crippen molar-refractivity contribution in [3.8, 4) is 5.75 Å². The second-order valence-electron chi connectivity index (χ2n) is 6.77. The molecule has 23 heavy (non-hydrogen) atoms. The van der Waals surface area contributed by atoms with Crippen LogP contribution in [0.2, 0.25) is 5.02 Å². The molecule has 1 saturated carbocycles. The smallest absolute Gasteiger partial charge is 0.257 e. The summed E-state index contributed by atoms with van der Waals surface area (Å²) in [6, 6.07) is 5.11. The average molecular weight is 338 g/mol. The van der Waals surface area contributed by atoms with Crippen LogP contribution in [-0.4, -0.2) is 41.7 Å². The van der Waals surface area contributed by atoms with Gasteiger partial charge in [0.2, 0.25) is 0 Å². The van der Waals surface area contributed by atoms with E-state index in [0.29, 0.717) is 35.3 Å². The van der Waals surface area contributed by atoms with Crippen molar-refractivity contribution >= 4 is 17.5 Å². The fourth-order valence-electron chi connectivity index (χ4n) is 4.25. The number of aliphatic hydroxyl groups is 1. The fraction of sp³-hybridized carbons (Fsp3) is 0.611. The Morgan fingerprint density at radius 2 is 2.26 bits per heavy atom. The van der Waals surface area contributed by atoms with Gasteiger partial charge in [-0.2, -0.15) is 0 Å². The van der Waals surface area contributed by atoms with Gasteiger partial charge in [-0.3, -0.25) is 4.79 Å². The first-order valence-electron chi connectivity index (χ1n) is 8.33. The molecule has 5 heteroatoms. The maximum absolute atomic E-state index is 12.9. The van der Waals surface area contributed by atoms with E-state index >= 15 is 0 Å². The average Bonchev–Trinajstić information content (AvgIpc) is 3.00. The minimum atomic E-state index is -0.629. The van der Waals surface area contributed by atoms with E-state index in [1.165, 1.54) is 0 Å². The van der Waals surface area contributed by atoms with Crippen LogP contribution in [0.5, 0.6) is 5.75 Å². The van der Waals surface area contributed by atoms with Crippen LogP contribution in [0.4, 0.5) is 0 Å². The lowest BCUT2D eigenvalue weighted by Gasteiger charge is -2.40. The summed E-state index contributed by atoms with van der Waals surface area (Å²) >= 11 is 6.05. The first kappa shape index (κ1) is 16.6. The number of hydrogen-bond acceptors (Lipinski definition) is 3. The van der Waals surface area contributed by atoms with E-state index in [1.54, 1.807) is 25.3 Å². The lowest BCUT2D eigenvalue weighted by molar-refractivity contribution is -0.0609. The van der Waals surface area contributed by atoms with Crippen LogP contribution in [0.3, 0.4) is 0 Å². The maximum atomic E-state index is 12.9. The number of nitrogens with zero attached hydrogens (tertiary/aromatic N) is 1. The molecule has 1 aliphatic carbocycles. The third-order valence-corrected chi connectivity index (χ3v) is 5.84. The number of carbonyl (C=O) groups is 1. The van der Waals surface area contributed by atoms with Crippen LogP contribution in [0.15, 0.2) is 18.2 Å². The molecular formula is C18H24ClNO3. The first-order chi connectivity index (χ1) is 11.0. The standard InChI is InChI=1S/C18H24ClNO3/c1-3-18(22)8-4-5-12-10-20(11-15(12)18)17(21)14-9-13(19)6-7-16(14)23-2/h6-7,9,12,15,22H,3-5,8,10-11H2,1-2H3/t12-,15+,18-/m0/s1. The van der Waals surface area contributed by atoms with Gasteiger partial charge in [0.05, 0.1) is 18.3 Å². The minimum Gasteiger partial charge on any atom is -0.496 e. The second-order valence-corrected chi connectivity index (χ2v) is 7.21. The van der Waals surface area contributed by atoms with Gasteiger partial charge in [-0.1, -0.05) is 24.9 Å². The largest absolute Gasteiger partial charge is 0.496 e. The van der Waals surface area contributed by atoms with Crippen molar-refractivity contribution in [2.75, 3.05) is 20.2 Å². The Morgan fingerprint density at radius 3 is 2.96 bits per heavy atom. The molecule has 3 atom stereocenters. The summed E-state index contributed by atoms with van der Waals surface area (Å²) in [5.41, 5.74) is -0.130. The molecule has 1 N–H and O–H groups in total. The lowest BCUT2D eigenvalue weighted by atomic mass is 9.69. The molecule has 0 aromatic heterocycles. The highest BCUT2D eigenvalue weighted by Crippen LogP contribution is 2.44. The van der Waals surface area contributed by atoms with Gasteiger partial charge < -0.3 is 14.7 Å². The van der Waals surface area contributed by atoms with Crippen molar-refractivity contribution in [1.29, 1.82) is 0 Å².